The molecule has 1 heterocycles. The lowest BCUT2D eigenvalue weighted by molar-refractivity contribution is 0.225. The Labute approximate surface area is 161 Å². The number of rotatable bonds is 8. The molecule has 146 valence electrons. The quantitative estimate of drug-likeness (QED) is 0.704. The molecule has 0 atom stereocenters. The number of hydrogen-bond acceptors (Lipinski definition) is 5. The number of nitrogens with one attached hydrogen (secondary N) is 1. The second-order valence-electron chi connectivity index (χ2n) is 6.76. The van der Waals surface area contributed by atoms with Gasteiger partial charge < -0.3 is 9.64 Å². The third-order valence-corrected chi connectivity index (χ3v) is 5.15. The van der Waals surface area contributed by atoms with Crippen LogP contribution < -0.4 is 14.4 Å². The van der Waals surface area contributed by atoms with Crippen LogP contribution in [0.5, 0.6) is 5.75 Å². The first kappa shape index (κ1) is 19.5. The van der Waals surface area contributed by atoms with Gasteiger partial charge in [-0.2, -0.15) is 0 Å². The normalized spacial score (nSPS) is 15.5. The van der Waals surface area contributed by atoms with Gasteiger partial charge in [0.1, 0.15) is 5.75 Å². The Morgan fingerprint density at radius 3 is 2.26 bits per heavy atom. The van der Waals surface area contributed by atoms with E-state index in [0.29, 0.717) is 12.3 Å². The van der Waals surface area contributed by atoms with E-state index < -0.39 is 10.0 Å². The molecule has 3 rings (SSSR count). The van der Waals surface area contributed by atoms with E-state index in [1.54, 1.807) is 24.3 Å². The third kappa shape index (κ3) is 6.45. The summed E-state index contributed by atoms with van der Waals surface area (Å²) in [4.78, 5) is 4.90. The van der Waals surface area contributed by atoms with Crippen molar-refractivity contribution in [2.24, 2.45) is 0 Å². The highest BCUT2D eigenvalue weighted by Crippen LogP contribution is 2.17. The fourth-order valence-electron chi connectivity index (χ4n) is 3.18. The molecule has 0 aromatic heterocycles. The van der Waals surface area contributed by atoms with Gasteiger partial charge in [0.25, 0.3) is 0 Å². The lowest BCUT2D eigenvalue weighted by Crippen LogP contribution is -2.46. The van der Waals surface area contributed by atoms with Gasteiger partial charge in [-0.3, -0.25) is 9.62 Å². The maximum atomic E-state index is 11.2. The summed E-state index contributed by atoms with van der Waals surface area (Å²) in [5, 5.41) is 0. The maximum absolute atomic E-state index is 11.2. The van der Waals surface area contributed by atoms with Gasteiger partial charge in [-0.25, -0.2) is 8.42 Å². The van der Waals surface area contributed by atoms with Crippen molar-refractivity contribution in [1.82, 2.24) is 4.90 Å². The summed E-state index contributed by atoms with van der Waals surface area (Å²) in [6, 6.07) is 17.5. The number of ether oxygens (including phenoxy) is 1. The summed E-state index contributed by atoms with van der Waals surface area (Å²) < 4.78 is 30.6. The minimum Gasteiger partial charge on any atom is -0.494 e. The van der Waals surface area contributed by atoms with Gasteiger partial charge in [-0.1, -0.05) is 18.2 Å². The Kier molecular flexibility index (Phi) is 6.58. The van der Waals surface area contributed by atoms with Crippen LogP contribution in [0.2, 0.25) is 0 Å². The van der Waals surface area contributed by atoms with Crippen LogP contribution in [0.3, 0.4) is 0 Å². The van der Waals surface area contributed by atoms with Gasteiger partial charge in [0, 0.05) is 44.1 Å². The van der Waals surface area contributed by atoms with Crippen molar-refractivity contribution in [2.75, 3.05) is 55.2 Å². The van der Waals surface area contributed by atoms with E-state index in [1.165, 1.54) is 5.69 Å². The van der Waals surface area contributed by atoms with E-state index in [0.717, 1.165) is 51.1 Å². The van der Waals surface area contributed by atoms with Gasteiger partial charge >= 0.3 is 0 Å². The number of benzene rings is 2. The Hall–Kier alpha value is -2.25. The first-order valence-corrected chi connectivity index (χ1v) is 11.1. The summed E-state index contributed by atoms with van der Waals surface area (Å²) in [6.45, 7) is 5.93. The first-order valence-electron chi connectivity index (χ1n) is 9.23. The fourth-order valence-corrected chi connectivity index (χ4v) is 3.74. The summed E-state index contributed by atoms with van der Waals surface area (Å²) in [5.74, 6) is 0.753. The molecule has 0 bridgehead atoms. The zero-order valence-electron chi connectivity index (χ0n) is 15.7. The molecular formula is C20H27N3O3S. The number of anilines is 2. The molecule has 0 spiro atoms. The maximum Gasteiger partial charge on any atom is 0.229 e. The van der Waals surface area contributed by atoms with Gasteiger partial charge in [0.2, 0.25) is 10.0 Å². The molecule has 0 radical (unpaired) electrons. The average molecular weight is 390 g/mol. The second kappa shape index (κ2) is 9.10. The topological polar surface area (TPSA) is 61.9 Å². The van der Waals surface area contributed by atoms with Crippen LogP contribution in [-0.2, 0) is 10.0 Å². The fraction of sp³-hybridized carbons (Fsp3) is 0.400. The molecular weight excluding hydrogens is 362 g/mol. The lowest BCUT2D eigenvalue weighted by atomic mass is 10.2. The van der Waals surface area contributed by atoms with Crippen LogP contribution in [-0.4, -0.2) is 58.9 Å². The number of nitrogens with zero attached hydrogens (tertiary/aromatic N) is 2. The molecule has 1 N–H and O–H groups in total. The highest BCUT2D eigenvalue weighted by Gasteiger charge is 2.16. The van der Waals surface area contributed by atoms with E-state index in [-0.39, 0.29) is 0 Å². The molecule has 2 aromatic carbocycles. The SMILES string of the molecule is CS(=O)(=O)Nc1ccc(OCCCN2CCN(c3ccccc3)CC2)cc1. The molecule has 0 aliphatic carbocycles. The minimum absolute atomic E-state index is 0.543. The van der Waals surface area contributed by atoms with Crippen LogP contribution in [0.15, 0.2) is 54.6 Å². The number of hydrogen-bond donors (Lipinski definition) is 1. The van der Waals surface area contributed by atoms with Crippen molar-refractivity contribution >= 4 is 21.4 Å². The zero-order valence-corrected chi connectivity index (χ0v) is 16.5. The van der Waals surface area contributed by atoms with E-state index in [9.17, 15) is 8.42 Å². The molecule has 2 aromatic rings. The molecule has 1 saturated heterocycles. The third-order valence-electron chi connectivity index (χ3n) is 4.54. The highest BCUT2D eigenvalue weighted by atomic mass is 32.2. The summed E-state index contributed by atoms with van der Waals surface area (Å²) in [5.41, 5.74) is 1.84. The van der Waals surface area contributed by atoms with Gasteiger partial charge in [-0.05, 0) is 42.8 Å². The van der Waals surface area contributed by atoms with Crippen molar-refractivity contribution < 1.29 is 13.2 Å². The van der Waals surface area contributed by atoms with Crippen molar-refractivity contribution in [1.29, 1.82) is 0 Å². The zero-order chi connectivity index (χ0) is 19.1. The summed E-state index contributed by atoms with van der Waals surface area (Å²) in [7, 11) is -3.24. The predicted molar refractivity (Wildman–Crippen MR) is 110 cm³/mol. The van der Waals surface area contributed by atoms with Crippen molar-refractivity contribution in [3.63, 3.8) is 0 Å². The second-order valence-corrected chi connectivity index (χ2v) is 8.51. The van der Waals surface area contributed by atoms with Crippen LogP contribution in [0.4, 0.5) is 11.4 Å². The highest BCUT2D eigenvalue weighted by molar-refractivity contribution is 7.92. The molecule has 7 heteroatoms. The molecule has 6 nitrogen and oxygen atoms in total. The van der Waals surface area contributed by atoms with Crippen LogP contribution in [0.25, 0.3) is 0 Å². The summed E-state index contributed by atoms with van der Waals surface area (Å²) in [6.07, 6.45) is 2.10. The molecule has 0 unspecified atom stereocenters. The summed E-state index contributed by atoms with van der Waals surface area (Å²) >= 11 is 0. The van der Waals surface area contributed by atoms with Crippen LogP contribution in [0, 0.1) is 0 Å². The monoisotopic (exact) mass is 389 g/mol. The molecule has 1 fully saturated rings. The Bertz CT molecular complexity index is 802. The van der Waals surface area contributed by atoms with E-state index in [2.05, 4.69) is 44.9 Å². The van der Waals surface area contributed by atoms with E-state index >= 15 is 0 Å². The van der Waals surface area contributed by atoms with Gasteiger partial charge in [0.15, 0.2) is 0 Å². The van der Waals surface area contributed by atoms with Crippen molar-refractivity contribution in [3.05, 3.63) is 54.6 Å². The van der Waals surface area contributed by atoms with Crippen molar-refractivity contribution in [3.8, 4) is 5.75 Å². The smallest absolute Gasteiger partial charge is 0.229 e. The molecule has 1 aliphatic heterocycles. The average Bonchev–Trinajstić information content (AvgIpc) is 2.66. The molecule has 27 heavy (non-hydrogen) atoms. The molecule has 1 aliphatic rings. The number of piperazine rings is 1. The van der Waals surface area contributed by atoms with Crippen molar-refractivity contribution in [2.45, 2.75) is 6.42 Å². The minimum atomic E-state index is -3.24. The number of para-hydroxylation sites is 1. The van der Waals surface area contributed by atoms with Gasteiger partial charge in [0.05, 0.1) is 12.9 Å². The molecule has 0 amide bonds. The molecule has 0 saturated carbocycles. The van der Waals surface area contributed by atoms with Gasteiger partial charge in [-0.15, -0.1) is 0 Å². The Morgan fingerprint density at radius 1 is 0.963 bits per heavy atom. The van der Waals surface area contributed by atoms with Crippen LogP contribution in [0.1, 0.15) is 6.42 Å². The lowest BCUT2D eigenvalue weighted by Gasteiger charge is -2.36. The standard InChI is InChI=1S/C20H27N3O3S/c1-27(24,25)21-18-8-10-20(11-9-18)26-17-5-12-22-13-15-23(16-14-22)19-6-3-2-4-7-19/h2-4,6-11,21H,5,12-17H2,1H3. The van der Waals surface area contributed by atoms with E-state index in [4.69, 9.17) is 4.74 Å². The number of sulfonamides is 1. The van der Waals surface area contributed by atoms with Crippen LogP contribution >= 0.6 is 0 Å². The Balaban J connectivity index is 1.34. The first-order chi connectivity index (χ1) is 13.0. The predicted octanol–water partition coefficient (Wildman–Crippen LogP) is 2.65. The largest absolute Gasteiger partial charge is 0.494 e. The Morgan fingerprint density at radius 2 is 1.63 bits per heavy atom. The van der Waals surface area contributed by atoms with E-state index in [1.807, 2.05) is 0 Å².